The maximum Gasteiger partial charge on any atom is 0.466 e. The zero-order valence-corrected chi connectivity index (χ0v) is 11.9. The number of hydrogen-bond acceptors (Lipinski definition) is 5. The molecule has 0 bridgehead atoms. The summed E-state index contributed by atoms with van der Waals surface area (Å²) in [5.41, 5.74) is 0.437. The minimum atomic E-state index is -4.64. The maximum atomic E-state index is 10.6. The van der Waals surface area contributed by atoms with Gasteiger partial charge in [-0.2, -0.15) is 0 Å². The van der Waals surface area contributed by atoms with Crippen molar-refractivity contribution in [3.8, 4) is 0 Å². The molecule has 1 unspecified atom stereocenters. The Bertz CT molecular complexity index is 375. The number of carboxylic acids is 1. The number of hydrogen-bond donors (Lipinski definition) is 6. The van der Waals surface area contributed by atoms with E-state index in [1.165, 1.54) is 13.8 Å². The Kier molecular flexibility index (Phi) is 13.6. The van der Waals surface area contributed by atoms with E-state index in [0.29, 0.717) is 0 Å². The van der Waals surface area contributed by atoms with E-state index in [1.54, 1.807) is 0 Å². The summed E-state index contributed by atoms with van der Waals surface area (Å²) in [4.78, 5) is 41.7. The standard InChI is InChI=1S/C6H10O3.C4H6O2.H3O4P/c1-4(2)6(9)5(8)3-7;1-3(2)4(5)6;1-5(2,3)4/h5,7-8H,1,3H2,2H3;1H2,2H3,(H,5,6);(H3,1,2,3,4). The van der Waals surface area contributed by atoms with Gasteiger partial charge in [0.2, 0.25) is 0 Å². The van der Waals surface area contributed by atoms with Gasteiger partial charge in [0, 0.05) is 5.57 Å². The molecule has 0 spiro atoms. The molecular weight excluding hydrogens is 295 g/mol. The van der Waals surface area contributed by atoms with Crippen molar-refractivity contribution in [2.24, 2.45) is 0 Å². The topological polar surface area (TPSA) is 173 Å². The van der Waals surface area contributed by atoms with E-state index in [0.717, 1.165) is 0 Å². The lowest BCUT2D eigenvalue weighted by molar-refractivity contribution is -0.132. The zero-order valence-electron chi connectivity index (χ0n) is 11.1. The predicted octanol–water partition coefficient (Wildman–Crippen LogP) is -0.797. The summed E-state index contributed by atoms with van der Waals surface area (Å²) in [7, 11) is -4.64. The number of phosphoric acid groups is 1. The quantitative estimate of drug-likeness (QED) is 0.287. The maximum absolute atomic E-state index is 10.6. The molecule has 0 saturated heterocycles. The fraction of sp³-hybridized carbons (Fsp3) is 0.400. The lowest BCUT2D eigenvalue weighted by Crippen LogP contribution is -2.24. The second-order valence-electron chi connectivity index (χ2n) is 3.44. The fourth-order valence-corrected chi connectivity index (χ4v) is 0.367. The molecule has 0 heterocycles. The molecule has 6 N–H and O–H groups in total. The largest absolute Gasteiger partial charge is 0.478 e. The average Bonchev–Trinajstić information content (AvgIpc) is 2.25. The monoisotopic (exact) mass is 314 g/mol. The summed E-state index contributed by atoms with van der Waals surface area (Å²) in [5, 5.41) is 24.8. The lowest BCUT2D eigenvalue weighted by Gasteiger charge is -2.03. The number of carboxylic acid groups (broad SMARTS) is 1. The summed E-state index contributed by atoms with van der Waals surface area (Å²) in [5.74, 6) is -1.44. The van der Waals surface area contributed by atoms with E-state index in [-0.39, 0.29) is 11.1 Å². The van der Waals surface area contributed by atoms with Crippen LogP contribution in [0, 0.1) is 0 Å². The molecule has 20 heavy (non-hydrogen) atoms. The van der Waals surface area contributed by atoms with Crippen LogP contribution in [0.2, 0.25) is 0 Å². The van der Waals surface area contributed by atoms with Crippen molar-refractivity contribution in [3.63, 3.8) is 0 Å². The van der Waals surface area contributed by atoms with Crippen LogP contribution in [-0.2, 0) is 14.2 Å². The van der Waals surface area contributed by atoms with Crippen LogP contribution in [0.5, 0.6) is 0 Å². The van der Waals surface area contributed by atoms with Gasteiger partial charge in [0.15, 0.2) is 5.78 Å². The summed E-state index contributed by atoms with van der Waals surface area (Å²) in [6, 6.07) is 0. The normalized spacial score (nSPS) is 10.9. The van der Waals surface area contributed by atoms with Crippen molar-refractivity contribution in [1.82, 2.24) is 0 Å². The van der Waals surface area contributed by atoms with Crippen LogP contribution in [-0.4, -0.2) is 54.5 Å². The van der Waals surface area contributed by atoms with Crippen LogP contribution >= 0.6 is 7.82 Å². The number of Topliss-reactive ketones (excluding diaryl/α,β-unsaturated/α-hetero) is 1. The molecule has 0 aromatic rings. The van der Waals surface area contributed by atoms with E-state index in [4.69, 9.17) is 34.6 Å². The SMILES string of the molecule is C=C(C)C(=O)C(O)CO.C=C(C)C(=O)O.O=P(O)(O)O. The van der Waals surface area contributed by atoms with Crippen LogP contribution < -0.4 is 0 Å². The molecule has 0 aromatic heterocycles. The minimum Gasteiger partial charge on any atom is -0.478 e. The molecule has 0 saturated carbocycles. The third-order valence-corrected chi connectivity index (χ3v) is 1.26. The molecule has 0 aliphatic heterocycles. The van der Waals surface area contributed by atoms with Gasteiger partial charge in [0.25, 0.3) is 0 Å². The second kappa shape index (κ2) is 11.5. The van der Waals surface area contributed by atoms with Crippen molar-refractivity contribution < 1.29 is 44.2 Å². The third-order valence-electron chi connectivity index (χ3n) is 1.26. The third kappa shape index (κ3) is 25.5. The predicted molar refractivity (Wildman–Crippen MR) is 69.6 cm³/mol. The van der Waals surface area contributed by atoms with Crippen LogP contribution in [0.4, 0.5) is 0 Å². The van der Waals surface area contributed by atoms with E-state index >= 15 is 0 Å². The van der Waals surface area contributed by atoms with Crippen LogP contribution in [0.3, 0.4) is 0 Å². The molecule has 0 aliphatic rings. The Morgan fingerprint density at radius 3 is 1.40 bits per heavy atom. The van der Waals surface area contributed by atoms with Gasteiger partial charge in [-0.15, -0.1) is 0 Å². The number of aliphatic carboxylic acids is 1. The molecule has 1 atom stereocenters. The molecule has 0 aromatic carbocycles. The van der Waals surface area contributed by atoms with Gasteiger partial charge in [-0.1, -0.05) is 13.2 Å². The molecular formula is C10H19O9P. The van der Waals surface area contributed by atoms with Crippen molar-refractivity contribution in [1.29, 1.82) is 0 Å². The molecule has 0 rings (SSSR count). The van der Waals surface area contributed by atoms with E-state index < -0.39 is 32.3 Å². The summed E-state index contributed by atoms with van der Waals surface area (Å²) < 4.78 is 8.88. The van der Waals surface area contributed by atoms with Crippen molar-refractivity contribution in [2.45, 2.75) is 20.0 Å². The summed E-state index contributed by atoms with van der Waals surface area (Å²) in [6.45, 7) is 8.86. The first kappa shape index (κ1) is 23.7. The first-order valence-electron chi connectivity index (χ1n) is 4.89. The molecule has 118 valence electrons. The van der Waals surface area contributed by atoms with Gasteiger partial charge in [0.05, 0.1) is 6.61 Å². The summed E-state index contributed by atoms with van der Waals surface area (Å²) >= 11 is 0. The van der Waals surface area contributed by atoms with Gasteiger partial charge in [0.1, 0.15) is 6.10 Å². The van der Waals surface area contributed by atoms with Crippen molar-refractivity contribution in [2.75, 3.05) is 6.61 Å². The molecule has 9 nitrogen and oxygen atoms in total. The van der Waals surface area contributed by atoms with Gasteiger partial charge < -0.3 is 30.0 Å². The zero-order chi connectivity index (χ0) is 17.1. The Labute approximate surface area is 115 Å². The highest BCUT2D eigenvalue weighted by atomic mass is 31.2. The first-order chi connectivity index (χ1) is 8.73. The molecule has 10 heteroatoms. The lowest BCUT2D eigenvalue weighted by atomic mass is 10.1. The summed E-state index contributed by atoms with van der Waals surface area (Å²) in [6.07, 6.45) is -1.29. The Hall–Kier alpha value is -1.35. The van der Waals surface area contributed by atoms with Crippen molar-refractivity contribution >= 4 is 19.6 Å². The number of carbonyl (C=O) groups is 2. The van der Waals surface area contributed by atoms with Crippen LogP contribution in [0.1, 0.15) is 13.8 Å². The minimum absolute atomic E-state index is 0.176. The second-order valence-corrected chi connectivity index (χ2v) is 4.47. The Balaban J connectivity index is -0.000000230. The van der Waals surface area contributed by atoms with Crippen LogP contribution in [0.15, 0.2) is 24.3 Å². The highest BCUT2D eigenvalue weighted by Crippen LogP contribution is 2.25. The number of rotatable bonds is 4. The van der Waals surface area contributed by atoms with Crippen molar-refractivity contribution in [3.05, 3.63) is 24.3 Å². The Morgan fingerprint density at radius 2 is 1.35 bits per heavy atom. The molecule has 0 aliphatic carbocycles. The van der Waals surface area contributed by atoms with Gasteiger partial charge in [-0.3, -0.25) is 4.79 Å². The van der Waals surface area contributed by atoms with E-state index in [2.05, 4.69) is 13.2 Å². The number of ketones is 1. The number of carbonyl (C=O) groups excluding carboxylic acids is 1. The van der Waals surface area contributed by atoms with Gasteiger partial charge in [-0.05, 0) is 19.4 Å². The molecule has 0 fully saturated rings. The first-order valence-corrected chi connectivity index (χ1v) is 6.46. The molecule has 0 amide bonds. The van der Waals surface area contributed by atoms with Gasteiger partial charge >= 0.3 is 13.8 Å². The highest BCUT2D eigenvalue weighted by Gasteiger charge is 2.12. The van der Waals surface area contributed by atoms with Gasteiger partial charge in [-0.25, -0.2) is 9.36 Å². The average molecular weight is 314 g/mol. The smallest absolute Gasteiger partial charge is 0.466 e. The van der Waals surface area contributed by atoms with E-state index in [9.17, 15) is 9.59 Å². The number of aliphatic hydroxyl groups is 2. The highest BCUT2D eigenvalue weighted by molar-refractivity contribution is 7.45. The fourth-order valence-electron chi connectivity index (χ4n) is 0.367. The van der Waals surface area contributed by atoms with Crippen LogP contribution in [0.25, 0.3) is 0 Å². The Morgan fingerprint density at radius 1 is 1.10 bits per heavy atom. The molecule has 0 radical (unpaired) electrons. The number of aliphatic hydroxyl groups excluding tert-OH is 2. The van der Waals surface area contributed by atoms with E-state index in [1.807, 2.05) is 0 Å².